The van der Waals surface area contributed by atoms with Crippen molar-refractivity contribution in [3.8, 4) is 0 Å². The Hall–Kier alpha value is -1.51. The van der Waals surface area contributed by atoms with Gasteiger partial charge in [-0.3, -0.25) is 0 Å². The topological polar surface area (TPSA) is 60.8 Å². The molecule has 1 rings (SSSR count). The Morgan fingerprint density at radius 1 is 1.40 bits per heavy atom. The number of nitrogens with zero attached hydrogens (tertiary/aromatic N) is 3. The van der Waals surface area contributed by atoms with E-state index in [4.69, 9.17) is 5.53 Å². The maximum atomic E-state index is 8.14. The van der Waals surface area contributed by atoms with Gasteiger partial charge in [-0.25, -0.2) is 0 Å². The number of aryl methyl sites for hydroxylation is 1. The van der Waals surface area contributed by atoms with Crippen molar-refractivity contribution in [3.63, 3.8) is 0 Å². The standard InChI is InChI=1S/C11H16N4/c1-3-10-4-6-11(7-5-10)9(2)13-8-14-15-12/h4-7,9,13H,3,8H2,1-2H3. The molecule has 4 nitrogen and oxygen atoms in total. The molecule has 0 aliphatic heterocycles. The SMILES string of the molecule is CCc1ccc(C(C)NCN=[N+]=[N-])cc1. The van der Waals surface area contributed by atoms with Gasteiger partial charge >= 0.3 is 0 Å². The molecule has 4 heteroatoms. The molecule has 1 aromatic carbocycles. The molecule has 0 aliphatic carbocycles. The second kappa shape index (κ2) is 6.06. The van der Waals surface area contributed by atoms with E-state index < -0.39 is 0 Å². The first kappa shape index (κ1) is 11.6. The van der Waals surface area contributed by atoms with Crippen LogP contribution in [0.15, 0.2) is 29.4 Å². The molecule has 0 radical (unpaired) electrons. The highest BCUT2D eigenvalue weighted by Crippen LogP contribution is 2.13. The fraction of sp³-hybridized carbons (Fsp3) is 0.455. The second-order valence-corrected chi connectivity index (χ2v) is 3.41. The average molecular weight is 204 g/mol. The highest BCUT2D eigenvalue weighted by Gasteiger charge is 2.02. The summed E-state index contributed by atoms with van der Waals surface area (Å²) in [5.41, 5.74) is 10.7. The van der Waals surface area contributed by atoms with Crippen molar-refractivity contribution in [1.29, 1.82) is 0 Å². The monoisotopic (exact) mass is 204 g/mol. The molecule has 0 saturated carbocycles. The number of hydrogen-bond donors (Lipinski definition) is 1. The van der Waals surface area contributed by atoms with Crippen molar-refractivity contribution in [2.24, 2.45) is 5.11 Å². The molecule has 80 valence electrons. The lowest BCUT2D eigenvalue weighted by Crippen LogP contribution is -2.18. The van der Waals surface area contributed by atoms with E-state index in [2.05, 4.69) is 46.5 Å². The summed E-state index contributed by atoms with van der Waals surface area (Å²) in [7, 11) is 0. The minimum absolute atomic E-state index is 0.210. The lowest BCUT2D eigenvalue weighted by molar-refractivity contribution is 0.586. The van der Waals surface area contributed by atoms with Gasteiger partial charge in [-0.15, -0.1) is 0 Å². The second-order valence-electron chi connectivity index (χ2n) is 3.41. The quantitative estimate of drug-likeness (QED) is 0.447. The van der Waals surface area contributed by atoms with Gasteiger partial charge in [0.05, 0.1) is 6.67 Å². The summed E-state index contributed by atoms with van der Waals surface area (Å²) in [5.74, 6) is 0. The molecule has 1 atom stereocenters. The van der Waals surface area contributed by atoms with Crippen molar-refractivity contribution in [1.82, 2.24) is 5.32 Å². The molecular weight excluding hydrogens is 188 g/mol. The van der Waals surface area contributed by atoms with Gasteiger partial charge in [-0.2, -0.15) is 0 Å². The van der Waals surface area contributed by atoms with E-state index in [1.807, 2.05) is 6.92 Å². The zero-order chi connectivity index (χ0) is 11.1. The van der Waals surface area contributed by atoms with Crippen LogP contribution < -0.4 is 5.32 Å². The van der Waals surface area contributed by atoms with Crippen LogP contribution in [0.2, 0.25) is 0 Å². The predicted octanol–water partition coefficient (Wildman–Crippen LogP) is 3.17. The first-order valence-corrected chi connectivity index (χ1v) is 5.11. The number of benzene rings is 1. The van der Waals surface area contributed by atoms with Gasteiger partial charge in [0, 0.05) is 11.0 Å². The summed E-state index contributed by atoms with van der Waals surface area (Å²) in [4.78, 5) is 2.69. The molecule has 1 aromatic rings. The maximum Gasteiger partial charge on any atom is 0.0751 e. The normalized spacial score (nSPS) is 11.9. The van der Waals surface area contributed by atoms with E-state index >= 15 is 0 Å². The minimum atomic E-state index is 0.210. The van der Waals surface area contributed by atoms with E-state index in [0.29, 0.717) is 6.67 Å². The molecule has 0 aliphatic rings. The summed E-state index contributed by atoms with van der Waals surface area (Å²) in [6, 6.07) is 8.67. The molecule has 0 amide bonds. The fourth-order valence-electron chi connectivity index (χ4n) is 1.37. The zero-order valence-corrected chi connectivity index (χ0v) is 9.14. The smallest absolute Gasteiger partial charge is 0.0751 e. The molecule has 15 heavy (non-hydrogen) atoms. The van der Waals surface area contributed by atoms with Gasteiger partial charge < -0.3 is 5.32 Å². The third-order valence-electron chi connectivity index (χ3n) is 2.42. The highest BCUT2D eigenvalue weighted by molar-refractivity contribution is 5.24. The van der Waals surface area contributed by atoms with Crippen LogP contribution in [0, 0.1) is 0 Å². The van der Waals surface area contributed by atoms with Crippen LogP contribution in [-0.4, -0.2) is 6.67 Å². The molecule has 0 aromatic heterocycles. The molecule has 1 unspecified atom stereocenters. The Morgan fingerprint density at radius 3 is 2.60 bits per heavy atom. The molecule has 0 heterocycles. The third-order valence-corrected chi connectivity index (χ3v) is 2.42. The summed E-state index contributed by atoms with van der Waals surface area (Å²) in [5, 5.41) is 6.56. The van der Waals surface area contributed by atoms with Gasteiger partial charge in [-0.1, -0.05) is 36.3 Å². The maximum absolute atomic E-state index is 8.14. The molecular formula is C11H16N4. The van der Waals surface area contributed by atoms with Crippen LogP contribution in [0.3, 0.4) is 0 Å². The summed E-state index contributed by atoms with van der Waals surface area (Å²) in [6.45, 7) is 4.51. The average Bonchev–Trinajstić information content (AvgIpc) is 2.29. The number of rotatable bonds is 5. The number of nitrogens with one attached hydrogen (secondary N) is 1. The van der Waals surface area contributed by atoms with Gasteiger partial charge in [0.2, 0.25) is 0 Å². The van der Waals surface area contributed by atoms with Crippen LogP contribution in [0.4, 0.5) is 0 Å². The van der Waals surface area contributed by atoms with Gasteiger partial charge in [-0.05, 0) is 30.0 Å². The number of azide groups is 1. The Balaban J connectivity index is 2.57. The third kappa shape index (κ3) is 3.62. The van der Waals surface area contributed by atoms with Crippen LogP contribution >= 0.6 is 0 Å². The zero-order valence-electron chi connectivity index (χ0n) is 9.14. The minimum Gasteiger partial charge on any atom is -0.305 e. The fourth-order valence-corrected chi connectivity index (χ4v) is 1.37. The lowest BCUT2D eigenvalue weighted by Gasteiger charge is -2.12. The van der Waals surface area contributed by atoms with Gasteiger partial charge in [0.25, 0.3) is 0 Å². The summed E-state index contributed by atoms with van der Waals surface area (Å²) < 4.78 is 0. The Kier molecular flexibility index (Phi) is 4.68. The highest BCUT2D eigenvalue weighted by atomic mass is 15.2. The predicted molar refractivity (Wildman–Crippen MR) is 61.4 cm³/mol. The van der Waals surface area contributed by atoms with Crippen LogP contribution in [-0.2, 0) is 6.42 Å². The van der Waals surface area contributed by atoms with Crippen molar-refractivity contribution >= 4 is 0 Å². The molecule has 1 N–H and O–H groups in total. The first-order chi connectivity index (χ1) is 7.27. The Labute approximate surface area is 89.9 Å². The molecule has 0 fully saturated rings. The van der Waals surface area contributed by atoms with E-state index in [-0.39, 0.29) is 6.04 Å². The van der Waals surface area contributed by atoms with Crippen LogP contribution in [0.5, 0.6) is 0 Å². The number of hydrogen-bond acceptors (Lipinski definition) is 2. The van der Waals surface area contributed by atoms with Crippen molar-refractivity contribution in [2.45, 2.75) is 26.3 Å². The van der Waals surface area contributed by atoms with E-state index in [9.17, 15) is 0 Å². The van der Waals surface area contributed by atoms with Crippen LogP contribution in [0.1, 0.15) is 31.0 Å². The van der Waals surface area contributed by atoms with E-state index in [1.54, 1.807) is 0 Å². The molecule has 0 bridgehead atoms. The van der Waals surface area contributed by atoms with Gasteiger partial charge in [0.1, 0.15) is 0 Å². The van der Waals surface area contributed by atoms with Crippen molar-refractivity contribution in [2.75, 3.05) is 6.67 Å². The summed E-state index contributed by atoms with van der Waals surface area (Å²) >= 11 is 0. The lowest BCUT2D eigenvalue weighted by atomic mass is 10.1. The van der Waals surface area contributed by atoms with Gasteiger partial charge in [0.15, 0.2) is 0 Å². The van der Waals surface area contributed by atoms with E-state index in [0.717, 1.165) is 6.42 Å². The largest absolute Gasteiger partial charge is 0.305 e. The van der Waals surface area contributed by atoms with Crippen molar-refractivity contribution < 1.29 is 0 Å². The summed E-state index contributed by atoms with van der Waals surface area (Å²) in [6.07, 6.45) is 1.06. The Bertz CT molecular complexity index is 338. The Morgan fingerprint density at radius 2 is 2.07 bits per heavy atom. The molecule has 0 spiro atoms. The van der Waals surface area contributed by atoms with Crippen LogP contribution in [0.25, 0.3) is 10.4 Å². The van der Waals surface area contributed by atoms with Crippen molar-refractivity contribution in [3.05, 3.63) is 45.8 Å². The van der Waals surface area contributed by atoms with E-state index in [1.165, 1.54) is 11.1 Å². The first-order valence-electron chi connectivity index (χ1n) is 5.11. The molecule has 0 saturated heterocycles.